The summed E-state index contributed by atoms with van der Waals surface area (Å²) in [5.41, 5.74) is 8.15. The van der Waals surface area contributed by atoms with Gasteiger partial charge in [0.15, 0.2) is 5.16 Å². The third-order valence-electron chi connectivity index (χ3n) is 3.02. The zero-order chi connectivity index (χ0) is 14.8. The monoisotopic (exact) mass is 298 g/mol. The summed E-state index contributed by atoms with van der Waals surface area (Å²) in [5.74, 6) is 0. The highest BCUT2D eigenvalue weighted by molar-refractivity contribution is 7.99. The van der Waals surface area contributed by atoms with Gasteiger partial charge in [-0.1, -0.05) is 18.2 Å². The summed E-state index contributed by atoms with van der Waals surface area (Å²) in [7, 11) is 0. The van der Waals surface area contributed by atoms with Crippen LogP contribution < -0.4 is 11.3 Å². The van der Waals surface area contributed by atoms with Gasteiger partial charge in [-0.2, -0.15) is 0 Å². The topological polar surface area (TPSA) is 84.7 Å². The molecule has 5 nitrogen and oxygen atoms in total. The molecule has 0 aliphatic carbocycles. The number of aryl methyl sites for hydroxylation is 1. The van der Waals surface area contributed by atoms with Crippen LogP contribution in [-0.4, -0.2) is 15.0 Å². The van der Waals surface area contributed by atoms with E-state index in [1.54, 1.807) is 6.92 Å². The number of benzene rings is 1. The SMILES string of the molecule is Cc1cc(=O)[nH]c(Sc2nc3ccccc3cc2CN)n1. The number of aromatic nitrogens is 3. The second-order valence-electron chi connectivity index (χ2n) is 4.64. The maximum Gasteiger partial charge on any atom is 0.251 e. The first-order chi connectivity index (χ1) is 10.2. The van der Waals surface area contributed by atoms with Gasteiger partial charge < -0.3 is 10.7 Å². The van der Waals surface area contributed by atoms with E-state index in [0.29, 0.717) is 17.4 Å². The molecule has 0 bridgehead atoms. The number of hydrogen-bond donors (Lipinski definition) is 2. The molecule has 3 rings (SSSR count). The Hall–Kier alpha value is -2.18. The number of nitrogens with two attached hydrogens (primary N) is 1. The fourth-order valence-electron chi connectivity index (χ4n) is 2.07. The minimum absolute atomic E-state index is 0.167. The molecule has 106 valence electrons. The first-order valence-electron chi connectivity index (χ1n) is 6.50. The fraction of sp³-hybridized carbons (Fsp3) is 0.133. The summed E-state index contributed by atoms with van der Waals surface area (Å²) in [6.07, 6.45) is 0. The highest BCUT2D eigenvalue weighted by Gasteiger charge is 2.09. The highest BCUT2D eigenvalue weighted by Crippen LogP contribution is 2.28. The average Bonchev–Trinajstić information content (AvgIpc) is 2.45. The van der Waals surface area contributed by atoms with Crippen molar-refractivity contribution in [3.63, 3.8) is 0 Å². The smallest absolute Gasteiger partial charge is 0.251 e. The molecule has 0 amide bonds. The Bertz CT molecular complexity index is 860. The molecule has 0 saturated carbocycles. The van der Waals surface area contributed by atoms with Gasteiger partial charge in [-0.3, -0.25) is 4.79 Å². The lowest BCUT2D eigenvalue weighted by atomic mass is 10.1. The minimum Gasteiger partial charge on any atom is -0.326 e. The van der Waals surface area contributed by atoms with E-state index in [4.69, 9.17) is 5.73 Å². The van der Waals surface area contributed by atoms with E-state index in [-0.39, 0.29) is 5.56 Å². The number of hydrogen-bond acceptors (Lipinski definition) is 5. The van der Waals surface area contributed by atoms with E-state index in [2.05, 4.69) is 15.0 Å². The molecule has 0 unspecified atom stereocenters. The van der Waals surface area contributed by atoms with E-state index in [9.17, 15) is 4.79 Å². The van der Waals surface area contributed by atoms with Crippen molar-refractivity contribution in [2.45, 2.75) is 23.7 Å². The van der Waals surface area contributed by atoms with E-state index >= 15 is 0 Å². The summed E-state index contributed by atoms with van der Waals surface area (Å²) >= 11 is 1.32. The van der Waals surface area contributed by atoms with E-state index in [1.807, 2.05) is 30.3 Å². The number of H-pyrrole nitrogens is 1. The van der Waals surface area contributed by atoms with Gasteiger partial charge >= 0.3 is 0 Å². The van der Waals surface area contributed by atoms with Gasteiger partial charge in [0.1, 0.15) is 5.03 Å². The Balaban J connectivity index is 2.08. The first-order valence-corrected chi connectivity index (χ1v) is 7.32. The maximum absolute atomic E-state index is 11.5. The first kappa shape index (κ1) is 13.8. The third kappa shape index (κ3) is 2.96. The number of pyridine rings is 1. The molecular formula is C15H14N4OS. The van der Waals surface area contributed by atoms with Crippen molar-refractivity contribution >= 4 is 22.7 Å². The molecule has 6 heteroatoms. The van der Waals surface area contributed by atoms with Crippen molar-refractivity contribution in [2.24, 2.45) is 5.73 Å². The molecule has 0 saturated heterocycles. The number of nitrogens with zero attached hydrogens (tertiary/aromatic N) is 2. The predicted molar refractivity (Wildman–Crippen MR) is 83.4 cm³/mol. The summed E-state index contributed by atoms with van der Waals surface area (Å²) in [6.45, 7) is 2.17. The highest BCUT2D eigenvalue weighted by atomic mass is 32.2. The molecule has 0 aliphatic heterocycles. The Morgan fingerprint density at radius 3 is 2.81 bits per heavy atom. The lowest BCUT2D eigenvalue weighted by Gasteiger charge is -2.08. The number of para-hydroxylation sites is 1. The number of aromatic amines is 1. The van der Waals surface area contributed by atoms with Crippen LogP contribution in [0.5, 0.6) is 0 Å². The van der Waals surface area contributed by atoms with E-state index < -0.39 is 0 Å². The molecule has 2 heterocycles. The molecule has 0 aliphatic rings. The van der Waals surface area contributed by atoms with Gasteiger partial charge in [0.2, 0.25) is 0 Å². The van der Waals surface area contributed by atoms with Crippen LogP contribution in [-0.2, 0) is 6.54 Å². The Labute approximate surface area is 125 Å². The molecule has 0 fully saturated rings. The second kappa shape index (κ2) is 5.67. The van der Waals surface area contributed by atoms with Crippen LogP contribution in [0.25, 0.3) is 10.9 Å². The summed E-state index contributed by atoms with van der Waals surface area (Å²) in [6, 6.07) is 11.4. The zero-order valence-electron chi connectivity index (χ0n) is 11.5. The molecule has 2 aromatic heterocycles. The van der Waals surface area contributed by atoms with E-state index in [1.165, 1.54) is 17.8 Å². The van der Waals surface area contributed by atoms with Gasteiger partial charge in [0.05, 0.1) is 5.52 Å². The lowest BCUT2D eigenvalue weighted by molar-refractivity contribution is 0.897. The van der Waals surface area contributed by atoms with Gasteiger partial charge in [-0.05, 0) is 36.4 Å². The van der Waals surface area contributed by atoms with Crippen molar-refractivity contribution in [2.75, 3.05) is 0 Å². The Kier molecular flexibility index (Phi) is 3.72. The van der Waals surface area contributed by atoms with Crippen LogP contribution in [0.2, 0.25) is 0 Å². The molecular weight excluding hydrogens is 284 g/mol. The quantitative estimate of drug-likeness (QED) is 0.724. The molecule has 0 atom stereocenters. The second-order valence-corrected chi connectivity index (χ2v) is 5.62. The van der Waals surface area contributed by atoms with Crippen LogP contribution in [0.3, 0.4) is 0 Å². The minimum atomic E-state index is -0.167. The normalized spacial score (nSPS) is 11.0. The maximum atomic E-state index is 11.5. The molecule has 1 aromatic carbocycles. The third-order valence-corrected chi connectivity index (χ3v) is 3.96. The van der Waals surface area contributed by atoms with Crippen molar-refractivity contribution < 1.29 is 0 Å². The Morgan fingerprint density at radius 1 is 1.24 bits per heavy atom. The van der Waals surface area contributed by atoms with Gasteiger partial charge in [0.25, 0.3) is 5.56 Å². The summed E-state index contributed by atoms with van der Waals surface area (Å²) < 4.78 is 0. The van der Waals surface area contributed by atoms with Crippen LogP contribution in [0.15, 0.2) is 51.4 Å². The fourth-order valence-corrected chi connectivity index (χ4v) is 3.01. The Morgan fingerprint density at radius 2 is 2.05 bits per heavy atom. The number of fused-ring (bicyclic) bond motifs is 1. The molecule has 21 heavy (non-hydrogen) atoms. The molecule has 3 aromatic rings. The predicted octanol–water partition coefficient (Wildman–Crippen LogP) is 2.24. The largest absolute Gasteiger partial charge is 0.326 e. The van der Waals surface area contributed by atoms with Crippen molar-refractivity contribution in [3.05, 3.63) is 58.0 Å². The van der Waals surface area contributed by atoms with Crippen LogP contribution in [0.4, 0.5) is 0 Å². The van der Waals surface area contributed by atoms with Crippen LogP contribution in [0, 0.1) is 6.92 Å². The summed E-state index contributed by atoms with van der Waals surface area (Å²) in [4.78, 5) is 23.2. The van der Waals surface area contributed by atoms with Crippen molar-refractivity contribution in [3.8, 4) is 0 Å². The van der Waals surface area contributed by atoms with Gasteiger partial charge in [0, 0.05) is 23.7 Å². The average molecular weight is 298 g/mol. The molecule has 0 spiro atoms. The van der Waals surface area contributed by atoms with Gasteiger partial charge in [-0.25, -0.2) is 9.97 Å². The van der Waals surface area contributed by atoms with Crippen molar-refractivity contribution in [1.82, 2.24) is 15.0 Å². The molecule has 3 N–H and O–H groups in total. The number of nitrogens with one attached hydrogen (secondary N) is 1. The number of rotatable bonds is 3. The van der Waals surface area contributed by atoms with E-state index in [0.717, 1.165) is 21.5 Å². The van der Waals surface area contributed by atoms with Crippen molar-refractivity contribution in [1.29, 1.82) is 0 Å². The van der Waals surface area contributed by atoms with Gasteiger partial charge in [-0.15, -0.1) is 0 Å². The summed E-state index contributed by atoms with van der Waals surface area (Å²) in [5, 5.41) is 2.34. The molecule has 0 radical (unpaired) electrons. The standard InChI is InChI=1S/C15H14N4OS/c1-9-6-13(20)19-15(17-9)21-14-11(8-16)7-10-4-2-3-5-12(10)18-14/h2-7H,8,16H2,1H3,(H,17,19,20). The van der Waals surface area contributed by atoms with Crippen LogP contribution >= 0.6 is 11.8 Å². The van der Waals surface area contributed by atoms with Crippen LogP contribution in [0.1, 0.15) is 11.3 Å². The zero-order valence-corrected chi connectivity index (χ0v) is 12.3. The lowest BCUT2D eigenvalue weighted by Crippen LogP contribution is -2.08.